The lowest BCUT2D eigenvalue weighted by molar-refractivity contribution is 0.679. The average Bonchev–Trinajstić information content (AvgIpc) is 2.12. The Morgan fingerprint density at radius 1 is 1.31 bits per heavy atom. The highest BCUT2D eigenvalue weighted by atomic mass is 14.9. The summed E-state index contributed by atoms with van der Waals surface area (Å²) >= 11 is 0. The van der Waals surface area contributed by atoms with E-state index in [0.29, 0.717) is 6.04 Å². The van der Waals surface area contributed by atoms with E-state index in [1.807, 2.05) is 0 Å². The van der Waals surface area contributed by atoms with Gasteiger partial charge >= 0.3 is 0 Å². The molecule has 70 valence electrons. The van der Waals surface area contributed by atoms with E-state index in [2.05, 4.69) is 38.2 Å². The summed E-state index contributed by atoms with van der Waals surface area (Å²) in [5.41, 5.74) is 5.68. The van der Waals surface area contributed by atoms with Crippen molar-refractivity contribution in [2.75, 3.05) is 5.32 Å². The highest BCUT2D eigenvalue weighted by Gasteiger charge is 2.15. The van der Waals surface area contributed by atoms with Crippen molar-refractivity contribution in [3.8, 4) is 0 Å². The van der Waals surface area contributed by atoms with Gasteiger partial charge in [-0.3, -0.25) is 0 Å². The number of hydrogen-bond acceptors (Lipinski definition) is 1. The second kappa shape index (κ2) is 3.06. The summed E-state index contributed by atoms with van der Waals surface area (Å²) in [5, 5.41) is 3.57. The maximum absolute atomic E-state index is 3.57. The number of rotatable bonds is 0. The predicted molar refractivity (Wildman–Crippen MR) is 57.3 cm³/mol. The van der Waals surface area contributed by atoms with Crippen molar-refractivity contribution >= 4 is 5.69 Å². The van der Waals surface area contributed by atoms with Crippen LogP contribution in [0.25, 0.3) is 0 Å². The standard InChI is InChI=1S/C12H17N/c1-8-4-6-11-7-5-9(2)13-12(11)10(8)3/h4,6,9,13H,5,7H2,1-3H3. The van der Waals surface area contributed by atoms with E-state index < -0.39 is 0 Å². The molecule has 0 aromatic heterocycles. The molecule has 1 aliphatic rings. The van der Waals surface area contributed by atoms with E-state index in [4.69, 9.17) is 0 Å². The van der Waals surface area contributed by atoms with Crippen molar-refractivity contribution in [2.45, 2.75) is 39.7 Å². The minimum atomic E-state index is 0.632. The van der Waals surface area contributed by atoms with E-state index in [-0.39, 0.29) is 0 Å². The van der Waals surface area contributed by atoms with Crippen molar-refractivity contribution in [3.05, 3.63) is 28.8 Å². The lowest BCUT2D eigenvalue weighted by Crippen LogP contribution is -2.22. The van der Waals surface area contributed by atoms with Gasteiger partial charge in [-0.25, -0.2) is 0 Å². The smallest absolute Gasteiger partial charge is 0.0407 e. The highest BCUT2D eigenvalue weighted by molar-refractivity contribution is 5.61. The summed E-state index contributed by atoms with van der Waals surface area (Å²) < 4.78 is 0. The lowest BCUT2D eigenvalue weighted by atomic mass is 9.94. The average molecular weight is 175 g/mol. The summed E-state index contributed by atoms with van der Waals surface area (Å²) in [6.45, 7) is 6.64. The molecule has 0 fully saturated rings. The van der Waals surface area contributed by atoms with Crippen LogP contribution in [0.15, 0.2) is 12.1 Å². The number of anilines is 1. The van der Waals surface area contributed by atoms with Crippen molar-refractivity contribution in [2.24, 2.45) is 0 Å². The van der Waals surface area contributed by atoms with Crippen LogP contribution in [-0.2, 0) is 6.42 Å². The Bertz CT molecular complexity index is 328. The molecule has 1 heteroatoms. The molecule has 0 bridgehead atoms. The molecule has 1 unspecified atom stereocenters. The van der Waals surface area contributed by atoms with Gasteiger partial charge in [0.05, 0.1) is 0 Å². The van der Waals surface area contributed by atoms with Crippen LogP contribution in [0.1, 0.15) is 30.0 Å². The topological polar surface area (TPSA) is 12.0 Å². The normalized spacial score (nSPS) is 20.7. The summed E-state index contributed by atoms with van der Waals surface area (Å²) in [7, 11) is 0. The Hall–Kier alpha value is -0.980. The van der Waals surface area contributed by atoms with Crippen LogP contribution in [0.3, 0.4) is 0 Å². The monoisotopic (exact) mass is 175 g/mol. The molecule has 1 aromatic carbocycles. The third-order valence-electron chi connectivity index (χ3n) is 3.06. The number of aryl methyl sites for hydroxylation is 2. The molecule has 0 saturated heterocycles. The Morgan fingerprint density at radius 2 is 2.08 bits per heavy atom. The van der Waals surface area contributed by atoms with Gasteiger partial charge in [0.15, 0.2) is 0 Å². The number of nitrogens with one attached hydrogen (secondary N) is 1. The summed E-state index contributed by atoms with van der Waals surface area (Å²) in [6, 6.07) is 5.12. The quantitative estimate of drug-likeness (QED) is 0.639. The first-order valence-corrected chi connectivity index (χ1v) is 5.04. The van der Waals surface area contributed by atoms with Gasteiger partial charge in [0.1, 0.15) is 0 Å². The van der Waals surface area contributed by atoms with Crippen molar-refractivity contribution in [3.63, 3.8) is 0 Å². The number of hydrogen-bond donors (Lipinski definition) is 1. The van der Waals surface area contributed by atoms with E-state index in [1.165, 1.54) is 35.2 Å². The highest BCUT2D eigenvalue weighted by Crippen LogP contribution is 2.29. The summed E-state index contributed by atoms with van der Waals surface area (Å²) in [6.07, 6.45) is 2.49. The molecule has 1 heterocycles. The fourth-order valence-corrected chi connectivity index (χ4v) is 1.97. The molecule has 1 aromatic rings. The van der Waals surface area contributed by atoms with E-state index in [9.17, 15) is 0 Å². The van der Waals surface area contributed by atoms with Gasteiger partial charge in [-0.1, -0.05) is 12.1 Å². The molecule has 0 amide bonds. The molecule has 0 saturated carbocycles. The van der Waals surface area contributed by atoms with Crippen LogP contribution in [0, 0.1) is 13.8 Å². The zero-order valence-corrected chi connectivity index (χ0v) is 8.65. The lowest BCUT2D eigenvalue weighted by Gasteiger charge is -2.26. The third-order valence-corrected chi connectivity index (χ3v) is 3.06. The fourth-order valence-electron chi connectivity index (χ4n) is 1.97. The first-order valence-electron chi connectivity index (χ1n) is 5.04. The van der Waals surface area contributed by atoms with E-state index in [0.717, 1.165) is 0 Å². The van der Waals surface area contributed by atoms with Crippen LogP contribution in [-0.4, -0.2) is 6.04 Å². The molecule has 1 N–H and O–H groups in total. The number of benzene rings is 1. The molecule has 0 aliphatic carbocycles. The Kier molecular flexibility index (Phi) is 2.03. The molecule has 0 spiro atoms. The predicted octanol–water partition coefficient (Wildman–Crippen LogP) is 3.05. The molecule has 1 atom stereocenters. The van der Waals surface area contributed by atoms with Gasteiger partial charge in [0, 0.05) is 11.7 Å². The second-order valence-electron chi connectivity index (χ2n) is 4.13. The summed E-state index contributed by atoms with van der Waals surface area (Å²) in [5.74, 6) is 0. The van der Waals surface area contributed by atoms with Gasteiger partial charge in [0.25, 0.3) is 0 Å². The van der Waals surface area contributed by atoms with E-state index in [1.54, 1.807) is 0 Å². The third kappa shape index (κ3) is 1.43. The molecular formula is C12H17N. The minimum absolute atomic E-state index is 0.632. The molecular weight excluding hydrogens is 158 g/mol. The maximum Gasteiger partial charge on any atom is 0.0407 e. The SMILES string of the molecule is Cc1ccc2c(c1C)NC(C)CC2. The fraction of sp³-hybridized carbons (Fsp3) is 0.500. The Labute approximate surface area is 80.2 Å². The molecule has 1 nitrogen and oxygen atoms in total. The first kappa shape index (κ1) is 8.61. The second-order valence-corrected chi connectivity index (χ2v) is 4.13. The zero-order chi connectivity index (χ0) is 9.42. The van der Waals surface area contributed by atoms with E-state index >= 15 is 0 Å². The van der Waals surface area contributed by atoms with Gasteiger partial charge in [-0.2, -0.15) is 0 Å². The van der Waals surface area contributed by atoms with Gasteiger partial charge in [-0.05, 0) is 50.3 Å². The van der Waals surface area contributed by atoms with Crippen LogP contribution in [0.5, 0.6) is 0 Å². The van der Waals surface area contributed by atoms with Crippen LogP contribution < -0.4 is 5.32 Å². The molecule has 0 radical (unpaired) electrons. The van der Waals surface area contributed by atoms with Crippen molar-refractivity contribution in [1.29, 1.82) is 0 Å². The molecule has 1 aliphatic heterocycles. The largest absolute Gasteiger partial charge is 0.382 e. The Balaban J connectivity index is 2.48. The molecule has 13 heavy (non-hydrogen) atoms. The van der Waals surface area contributed by atoms with Gasteiger partial charge in [0.2, 0.25) is 0 Å². The zero-order valence-electron chi connectivity index (χ0n) is 8.65. The van der Waals surface area contributed by atoms with Crippen LogP contribution in [0.2, 0.25) is 0 Å². The van der Waals surface area contributed by atoms with Crippen LogP contribution >= 0.6 is 0 Å². The maximum atomic E-state index is 3.57. The van der Waals surface area contributed by atoms with Gasteiger partial charge < -0.3 is 5.32 Å². The minimum Gasteiger partial charge on any atom is -0.382 e. The Morgan fingerprint density at radius 3 is 2.85 bits per heavy atom. The van der Waals surface area contributed by atoms with Crippen LogP contribution in [0.4, 0.5) is 5.69 Å². The molecule has 2 rings (SSSR count). The van der Waals surface area contributed by atoms with Crippen molar-refractivity contribution < 1.29 is 0 Å². The first-order chi connectivity index (χ1) is 6.18. The number of fused-ring (bicyclic) bond motifs is 1. The van der Waals surface area contributed by atoms with Gasteiger partial charge in [-0.15, -0.1) is 0 Å². The summed E-state index contributed by atoms with van der Waals surface area (Å²) in [4.78, 5) is 0. The van der Waals surface area contributed by atoms with Crippen molar-refractivity contribution in [1.82, 2.24) is 0 Å².